The molecule has 0 aromatic heterocycles. The number of unbranched alkanes of at least 4 members (excludes halogenated alkanes) is 6. The van der Waals surface area contributed by atoms with Gasteiger partial charge in [0.05, 0.1) is 0 Å². The third-order valence-electron chi connectivity index (χ3n) is 4.63. The van der Waals surface area contributed by atoms with Crippen molar-refractivity contribution in [3.05, 3.63) is 36.5 Å². The summed E-state index contributed by atoms with van der Waals surface area (Å²) in [6, 6.07) is -0.788. The van der Waals surface area contributed by atoms with Gasteiger partial charge in [0.15, 0.2) is 0 Å². The number of nitrogens with one attached hydrogen (secondary N) is 1. The van der Waals surface area contributed by atoms with E-state index in [0.717, 1.165) is 57.8 Å². The molecule has 0 fully saturated rings. The Kier molecular flexibility index (Phi) is 19.5. The van der Waals surface area contributed by atoms with Crippen molar-refractivity contribution in [2.45, 2.75) is 96.4 Å². The van der Waals surface area contributed by atoms with Gasteiger partial charge in [-0.2, -0.15) is 0 Å². The number of hydrogen-bond acceptors (Lipinski definition) is 3. The standard InChI is InChI=1S/C24H42N2O3/c1-2-3-4-5-6-7-8-9-10-11-12-13-14-15-16-20-23(27)26-22(24(28)29)19-17-18-21-25/h3-4,6-7,9-10,22H,2,5,8,11-21,25H2,1H3,(H,26,27)(H,28,29)/b4-3-,7-6-,10-9-/t22-/m0/s1. The highest BCUT2D eigenvalue weighted by Crippen LogP contribution is 2.09. The summed E-state index contributed by atoms with van der Waals surface area (Å²) in [5.41, 5.74) is 5.42. The van der Waals surface area contributed by atoms with E-state index >= 15 is 0 Å². The molecule has 0 spiro atoms. The predicted octanol–water partition coefficient (Wildman–Crippen LogP) is 5.27. The number of carbonyl (C=O) groups excluding carboxylic acids is 1. The highest BCUT2D eigenvalue weighted by molar-refractivity contribution is 5.83. The predicted molar refractivity (Wildman–Crippen MR) is 122 cm³/mol. The summed E-state index contributed by atoms with van der Waals surface area (Å²) in [5.74, 6) is -1.13. The molecular formula is C24H42N2O3. The maximum absolute atomic E-state index is 11.9. The molecule has 1 amide bonds. The molecule has 5 nitrogen and oxygen atoms in total. The highest BCUT2D eigenvalue weighted by atomic mass is 16.4. The van der Waals surface area contributed by atoms with Gasteiger partial charge >= 0.3 is 5.97 Å². The molecule has 0 aromatic carbocycles. The number of carbonyl (C=O) groups is 2. The molecule has 0 aromatic rings. The maximum atomic E-state index is 11.9. The number of rotatable bonds is 19. The molecule has 0 unspecified atom stereocenters. The van der Waals surface area contributed by atoms with Crippen molar-refractivity contribution in [2.24, 2.45) is 5.73 Å². The normalized spacial score (nSPS) is 12.9. The van der Waals surface area contributed by atoms with Crippen molar-refractivity contribution >= 4 is 11.9 Å². The lowest BCUT2D eigenvalue weighted by atomic mass is 10.1. The zero-order valence-electron chi connectivity index (χ0n) is 18.3. The molecule has 0 saturated heterocycles. The molecule has 0 aliphatic carbocycles. The number of carboxylic acids is 1. The van der Waals surface area contributed by atoms with Gasteiger partial charge in [0, 0.05) is 6.42 Å². The SMILES string of the molecule is CC/C=C\C/C=C\C/C=C\CCCCCCCC(=O)N[C@@H](CCCCN)C(=O)O. The first-order chi connectivity index (χ1) is 14.1. The molecule has 0 aliphatic rings. The van der Waals surface area contributed by atoms with Gasteiger partial charge in [-0.3, -0.25) is 4.79 Å². The fourth-order valence-corrected chi connectivity index (χ4v) is 2.92. The number of aliphatic carboxylic acids is 1. The Balaban J connectivity index is 3.61. The summed E-state index contributed by atoms with van der Waals surface area (Å²) in [4.78, 5) is 23.1. The van der Waals surface area contributed by atoms with Crippen LogP contribution in [0.5, 0.6) is 0 Å². The summed E-state index contributed by atoms with van der Waals surface area (Å²) < 4.78 is 0. The zero-order valence-corrected chi connectivity index (χ0v) is 18.3. The largest absolute Gasteiger partial charge is 0.480 e. The second-order valence-electron chi connectivity index (χ2n) is 7.34. The van der Waals surface area contributed by atoms with Gasteiger partial charge in [-0.05, 0) is 64.3 Å². The number of allylic oxidation sites excluding steroid dienone is 6. The van der Waals surface area contributed by atoms with Gasteiger partial charge in [-0.1, -0.05) is 62.6 Å². The van der Waals surface area contributed by atoms with Crippen LogP contribution in [0.2, 0.25) is 0 Å². The first-order valence-electron chi connectivity index (χ1n) is 11.3. The minimum absolute atomic E-state index is 0.161. The summed E-state index contributed by atoms with van der Waals surface area (Å²) in [6.45, 7) is 2.69. The average molecular weight is 407 g/mol. The third-order valence-corrected chi connectivity index (χ3v) is 4.63. The van der Waals surface area contributed by atoms with E-state index in [1.165, 1.54) is 12.8 Å². The molecule has 1 atom stereocenters. The van der Waals surface area contributed by atoms with Gasteiger partial charge in [-0.15, -0.1) is 0 Å². The van der Waals surface area contributed by atoms with Crippen LogP contribution in [0.15, 0.2) is 36.5 Å². The molecule has 0 radical (unpaired) electrons. The van der Waals surface area contributed by atoms with Crippen LogP contribution in [-0.4, -0.2) is 29.6 Å². The molecular weight excluding hydrogens is 364 g/mol. The van der Waals surface area contributed by atoms with Crippen molar-refractivity contribution < 1.29 is 14.7 Å². The fraction of sp³-hybridized carbons (Fsp3) is 0.667. The van der Waals surface area contributed by atoms with Gasteiger partial charge in [-0.25, -0.2) is 4.79 Å². The molecule has 4 N–H and O–H groups in total. The molecule has 0 saturated carbocycles. The highest BCUT2D eigenvalue weighted by Gasteiger charge is 2.18. The Morgan fingerprint density at radius 2 is 1.48 bits per heavy atom. The lowest BCUT2D eigenvalue weighted by Gasteiger charge is -2.14. The minimum Gasteiger partial charge on any atom is -0.480 e. The maximum Gasteiger partial charge on any atom is 0.326 e. The Hall–Kier alpha value is -1.88. The summed E-state index contributed by atoms with van der Waals surface area (Å²) in [5, 5.41) is 11.8. The summed E-state index contributed by atoms with van der Waals surface area (Å²) in [7, 11) is 0. The Morgan fingerprint density at radius 3 is 2.14 bits per heavy atom. The van der Waals surface area contributed by atoms with E-state index in [1.807, 2.05) is 0 Å². The van der Waals surface area contributed by atoms with Crippen LogP contribution in [0.1, 0.15) is 90.4 Å². The van der Waals surface area contributed by atoms with E-state index in [1.54, 1.807) is 0 Å². The second-order valence-corrected chi connectivity index (χ2v) is 7.34. The van der Waals surface area contributed by atoms with E-state index < -0.39 is 12.0 Å². The zero-order chi connectivity index (χ0) is 21.6. The van der Waals surface area contributed by atoms with Crippen LogP contribution in [0.4, 0.5) is 0 Å². The third kappa shape index (κ3) is 19.2. The van der Waals surface area contributed by atoms with Crippen LogP contribution in [-0.2, 0) is 9.59 Å². The van der Waals surface area contributed by atoms with Crippen molar-refractivity contribution in [3.8, 4) is 0 Å². The molecule has 0 heterocycles. The first-order valence-corrected chi connectivity index (χ1v) is 11.3. The smallest absolute Gasteiger partial charge is 0.326 e. The van der Waals surface area contributed by atoms with E-state index in [0.29, 0.717) is 19.4 Å². The molecule has 29 heavy (non-hydrogen) atoms. The van der Waals surface area contributed by atoms with Crippen molar-refractivity contribution in [1.82, 2.24) is 5.32 Å². The Bertz CT molecular complexity index is 498. The van der Waals surface area contributed by atoms with E-state index in [4.69, 9.17) is 10.8 Å². The molecule has 0 aliphatic heterocycles. The molecule has 166 valence electrons. The summed E-state index contributed by atoms with van der Waals surface area (Å²) >= 11 is 0. The van der Waals surface area contributed by atoms with E-state index in [9.17, 15) is 9.59 Å². The topological polar surface area (TPSA) is 92.4 Å². The fourth-order valence-electron chi connectivity index (χ4n) is 2.92. The van der Waals surface area contributed by atoms with Crippen LogP contribution < -0.4 is 11.1 Å². The Labute approximate surface area is 177 Å². The first kappa shape index (κ1) is 27.1. The number of nitrogens with two attached hydrogens (primary N) is 1. The summed E-state index contributed by atoms with van der Waals surface area (Å²) in [6.07, 6.45) is 25.1. The second kappa shape index (κ2) is 20.8. The number of carboxylic acid groups (broad SMARTS) is 1. The van der Waals surface area contributed by atoms with Crippen molar-refractivity contribution in [3.63, 3.8) is 0 Å². The van der Waals surface area contributed by atoms with Gasteiger partial charge in [0.1, 0.15) is 6.04 Å². The monoisotopic (exact) mass is 406 g/mol. The van der Waals surface area contributed by atoms with Crippen LogP contribution >= 0.6 is 0 Å². The number of amides is 1. The van der Waals surface area contributed by atoms with Gasteiger partial charge in [0.2, 0.25) is 5.91 Å². The van der Waals surface area contributed by atoms with E-state index in [-0.39, 0.29) is 5.91 Å². The van der Waals surface area contributed by atoms with Crippen LogP contribution in [0.3, 0.4) is 0 Å². The van der Waals surface area contributed by atoms with Crippen LogP contribution in [0.25, 0.3) is 0 Å². The average Bonchev–Trinajstić information content (AvgIpc) is 2.70. The lowest BCUT2D eigenvalue weighted by Crippen LogP contribution is -2.40. The van der Waals surface area contributed by atoms with Gasteiger partial charge < -0.3 is 16.2 Å². The van der Waals surface area contributed by atoms with Crippen molar-refractivity contribution in [1.29, 1.82) is 0 Å². The molecule has 0 rings (SSSR count). The quantitative estimate of drug-likeness (QED) is 0.201. The number of hydrogen-bond donors (Lipinski definition) is 3. The van der Waals surface area contributed by atoms with Gasteiger partial charge in [0.25, 0.3) is 0 Å². The molecule has 0 bridgehead atoms. The lowest BCUT2D eigenvalue weighted by molar-refractivity contribution is -0.142. The van der Waals surface area contributed by atoms with Crippen LogP contribution in [0, 0.1) is 0 Å². The minimum atomic E-state index is -0.966. The Morgan fingerprint density at radius 1 is 0.862 bits per heavy atom. The molecule has 5 heteroatoms. The van der Waals surface area contributed by atoms with E-state index in [2.05, 4.69) is 48.7 Å². The van der Waals surface area contributed by atoms with Crippen molar-refractivity contribution in [2.75, 3.05) is 6.54 Å².